The second kappa shape index (κ2) is 12.0. The molecule has 1 aliphatic rings. The lowest BCUT2D eigenvalue weighted by molar-refractivity contribution is -0.129. The van der Waals surface area contributed by atoms with Crippen LogP contribution in [0.5, 0.6) is 17.4 Å². The average Bonchev–Trinajstić information content (AvgIpc) is 2.89. The fraction of sp³-hybridized carbons (Fsp3) is 0.276. The summed E-state index contributed by atoms with van der Waals surface area (Å²) in [6, 6.07) is 15.1. The number of piperazine rings is 1. The van der Waals surface area contributed by atoms with E-state index in [-0.39, 0.29) is 11.9 Å². The van der Waals surface area contributed by atoms with E-state index >= 15 is 0 Å². The highest BCUT2D eigenvalue weighted by Crippen LogP contribution is 2.34. The number of aromatic nitrogens is 1. The Morgan fingerprint density at radius 2 is 1.89 bits per heavy atom. The zero-order valence-corrected chi connectivity index (χ0v) is 22.3. The fourth-order valence-electron chi connectivity index (χ4n) is 4.17. The third-order valence-corrected chi connectivity index (χ3v) is 6.57. The molecule has 2 aromatic carbocycles. The molecule has 1 saturated heterocycles. The molecule has 38 heavy (non-hydrogen) atoms. The molecule has 0 unspecified atom stereocenters. The number of rotatable bonds is 7. The summed E-state index contributed by atoms with van der Waals surface area (Å²) in [6.45, 7) is 7.14. The number of hydrogen-bond donors (Lipinski definition) is 1. The summed E-state index contributed by atoms with van der Waals surface area (Å²) in [5.41, 5.74) is 3.81. The van der Waals surface area contributed by atoms with Gasteiger partial charge in [-0.05, 0) is 61.7 Å². The van der Waals surface area contributed by atoms with Gasteiger partial charge in [-0.15, -0.1) is 0 Å². The molecule has 9 heteroatoms. The van der Waals surface area contributed by atoms with Crippen LogP contribution in [0, 0.1) is 13.8 Å². The van der Waals surface area contributed by atoms with Crippen LogP contribution in [0.1, 0.15) is 29.2 Å². The van der Waals surface area contributed by atoms with Crippen molar-refractivity contribution in [1.29, 1.82) is 0 Å². The zero-order valence-electron chi connectivity index (χ0n) is 21.6. The number of aryl methyl sites for hydroxylation is 2. The predicted molar refractivity (Wildman–Crippen MR) is 146 cm³/mol. The second-order valence-electron chi connectivity index (χ2n) is 9.30. The molecule has 1 fully saturated rings. The Kier molecular flexibility index (Phi) is 8.53. The minimum atomic E-state index is -0.968. The molecule has 2 amide bonds. The normalized spacial score (nSPS) is 15.5. The SMILES string of the molecule is Cc1ccc(COc2ccc(Oc3c(C)cc(C=CC(=O)N4CCN(C(=O)O)C[C@H]4C)cc3Cl)nc2)cc1. The third-order valence-electron chi connectivity index (χ3n) is 6.29. The van der Waals surface area contributed by atoms with Gasteiger partial charge in [0.2, 0.25) is 11.8 Å². The third kappa shape index (κ3) is 6.83. The first kappa shape index (κ1) is 27.0. The summed E-state index contributed by atoms with van der Waals surface area (Å²) in [7, 11) is 0. The lowest BCUT2D eigenvalue weighted by atomic mass is 10.1. The fourth-order valence-corrected chi connectivity index (χ4v) is 4.49. The van der Waals surface area contributed by atoms with Gasteiger partial charge < -0.3 is 24.4 Å². The van der Waals surface area contributed by atoms with E-state index < -0.39 is 6.09 Å². The van der Waals surface area contributed by atoms with Crippen molar-refractivity contribution in [1.82, 2.24) is 14.8 Å². The van der Waals surface area contributed by atoms with Crippen molar-refractivity contribution in [2.75, 3.05) is 19.6 Å². The minimum absolute atomic E-state index is 0.175. The van der Waals surface area contributed by atoms with Gasteiger partial charge in [0.05, 0.1) is 11.2 Å². The van der Waals surface area contributed by atoms with Crippen LogP contribution in [0.15, 0.2) is 60.8 Å². The van der Waals surface area contributed by atoms with Gasteiger partial charge in [0.25, 0.3) is 0 Å². The van der Waals surface area contributed by atoms with Gasteiger partial charge in [-0.3, -0.25) is 4.79 Å². The van der Waals surface area contributed by atoms with Crippen molar-refractivity contribution in [2.24, 2.45) is 0 Å². The van der Waals surface area contributed by atoms with Crippen molar-refractivity contribution in [3.05, 3.63) is 88.1 Å². The molecule has 4 rings (SSSR count). The van der Waals surface area contributed by atoms with Crippen molar-refractivity contribution < 1.29 is 24.2 Å². The van der Waals surface area contributed by atoms with E-state index in [1.165, 1.54) is 16.5 Å². The summed E-state index contributed by atoms with van der Waals surface area (Å²) in [4.78, 5) is 31.2. The number of pyridine rings is 1. The first-order chi connectivity index (χ1) is 18.2. The molecular formula is C29H30ClN3O5. The molecule has 0 aliphatic carbocycles. The predicted octanol–water partition coefficient (Wildman–Crippen LogP) is 5.95. The van der Waals surface area contributed by atoms with Crippen molar-refractivity contribution in [2.45, 2.75) is 33.4 Å². The Bertz CT molecular complexity index is 1300. The van der Waals surface area contributed by atoms with Gasteiger partial charge in [-0.1, -0.05) is 41.4 Å². The van der Waals surface area contributed by atoms with Crippen molar-refractivity contribution in [3.8, 4) is 17.4 Å². The summed E-state index contributed by atoms with van der Waals surface area (Å²) in [6.07, 6.45) is 3.81. The summed E-state index contributed by atoms with van der Waals surface area (Å²) < 4.78 is 11.7. The Morgan fingerprint density at radius 3 is 2.53 bits per heavy atom. The molecule has 8 nitrogen and oxygen atoms in total. The number of carboxylic acid groups (broad SMARTS) is 1. The van der Waals surface area contributed by atoms with E-state index in [2.05, 4.69) is 4.98 Å². The van der Waals surface area contributed by atoms with Crippen LogP contribution in [0.4, 0.5) is 4.79 Å². The molecule has 0 spiro atoms. The molecule has 198 valence electrons. The monoisotopic (exact) mass is 535 g/mol. The smallest absolute Gasteiger partial charge is 0.407 e. The molecule has 1 N–H and O–H groups in total. The number of carbonyl (C=O) groups excluding carboxylic acids is 1. The molecular weight excluding hydrogens is 506 g/mol. The van der Waals surface area contributed by atoms with Gasteiger partial charge >= 0.3 is 6.09 Å². The molecule has 1 aliphatic heterocycles. The molecule has 0 bridgehead atoms. The number of amides is 2. The Morgan fingerprint density at radius 1 is 1.13 bits per heavy atom. The molecule has 1 aromatic heterocycles. The van der Waals surface area contributed by atoms with E-state index in [1.807, 2.05) is 51.1 Å². The van der Waals surface area contributed by atoms with Crippen LogP contribution in [-0.2, 0) is 11.4 Å². The number of carbonyl (C=O) groups is 2. The van der Waals surface area contributed by atoms with Crippen LogP contribution in [0.25, 0.3) is 6.08 Å². The average molecular weight is 536 g/mol. The van der Waals surface area contributed by atoms with Gasteiger partial charge in [0.1, 0.15) is 12.4 Å². The largest absolute Gasteiger partial charge is 0.487 e. The Labute approximate surface area is 227 Å². The second-order valence-corrected chi connectivity index (χ2v) is 9.71. The zero-order chi connectivity index (χ0) is 27.2. The summed E-state index contributed by atoms with van der Waals surface area (Å²) in [5.74, 6) is 1.31. The molecule has 0 radical (unpaired) electrons. The van der Waals surface area contributed by atoms with Gasteiger partial charge in [-0.25, -0.2) is 9.78 Å². The van der Waals surface area contributed by atoms with Crippen LogP contribution < -0.4 is 9.47 Å². The van der Waals surface area contributed by atoms with Gasteiger partial charge in [-0.2, -0.15) is 0 Å². The first-order valence-corrected chi connectivity index (χ1v) is 12.7. The topological polar surface area (TPSA) is 92.2 Å². The van der Waals surface area contributed by atoms with Crippen LogP contribution in [0.3, 0.4) is 0 Å². The maximum absolute atomic E-state index is 12.7. The van der Waals surface area contributed by atoms with E-state index in [4.69, 9.17) is 26.2 Å². The Hall–Kier alpha value is -4.04. The lowest BCUT2D eigenvalue weighted by Crippen LogP contribution is -2.54. The van der Waals surface area contributed by atoms with E-state index in [9.17, 15) is 9.59 Å². The van der Waals surface area contributed by atoms with Crippen LogP contribution in [-0.4, -0.2) is 57.6 Å². The van der Waals surface area contributed by atoms with Crippen LogP contribution >= 0.6 is 11.6 Å². The first-order valence-electron chi connectivity index (χ1n) is 12.3. The number of nitrogens with zero attached hydrogens (tertiary/aromatic N) is 3. The summed E-state index contributed by atoms with van der Waals surface area (Å²) in [5, 5.41) is 9.55. The minimum Gasteiger partial charge on any atom is -0.487 e. The molecule has 1 atom stereocenters. The number of benzene rings is 2. The highest BCUT2D eigenvalue weighted by Gasteiger charge is 2.28. The van der Waals surface area contributed by atoms with Crippen molar-refractivity contribution >= 4 is 29.7 Å². The maximum atomic E-state index is 12.7. The quantitative estimate of drug-likeness (QED) is 0.376. The van der Waals surface area contributed by atoms with E-state index in [0.29, 0.717) is 48.6 Å². The number of hydrogen-bond acceptors (Lipinski definition) is 5. The van der Waals surface area contributed by atoms with Crippen molar-refractivity contribution in [3.63, 3.8) is 0 Å². The van der Waals surface area contributed by atoms with E-state index in [0.717, 1.165) is 16.7 Å². The summed E-state index contributed by atoms with van der Waals surface area (Å²) >= 11 is 6.51. The Balaban J connectivity index is 1.36. The number of ether oxygens (including phenoxy) is 2. The number of halogens is 1. The highest BCUT2D eigenvalue weighted by molar-refractivity contribution is 6.32. The van der Waals surface area contributed by atoms with E-state index in [1.54, 1.807) is 35.4 Å². The maximum Gasteiger partial charge on any atom is 0.407 e. The molecule has 2 heterocycles. The molecule has 3 aromatic rings. The lowest BCUT2D eigenvalue weighted by Gasteiger charge is -2.38. The molecule has 0 saturated carbocycles. The highest BCUT2D eigenvalue weighted by atomic mass is 35.5. The van der Waals surface area contributed by atoms with Gasteiger partial charge in [0.15, 0.2) is 5.75 Å². The standard InChI is InChI=1S/C29H30ClN3O5/c1-19-4-6-22(7-5-19)18-37-24-9-10-26(31-16-24)38-28-20(2)14-23(15-25(28)30)8-11-27(34)33-13-12-32(29(35)36)17-21(33)3/h4-11,14-16,21H,12-13,17-18H2,1-3H3,(H,35,36)/t21-/m1/s1. The van der Waals surface area contributed by atoms with Crippen LogP contribution in [0.2, 0.25) is 5.02 Å². The van der Waals surface area contributed by atoms with Gasteiger partial charge in [0, 0.05) is 37.8 Å².